The third-order valence-electron chi connectivity index (χ3n) is 3.04. The second kappa shape index (κ2) is 3.51. The summed E-state index contributed by atoms with van der Waals surface area (Å²) in [4.78, 5) is 13.8. The zero-order valence-corrected chi connectivity index (χ0v) is 8.88. The van der Waals surface area contributed by atoms with Crippen LogP contribution < -0.4 is 5.32 Å². The fourth-order valence-electron chi connectivity index (χ4n) is 2.07. The number of carbonyl (C=O) groups is 1. The van der Waals surface area contributed by atoms with Crippen molar-refractivity contribution in [1.82, 2.24) is 10.2 Å². The van der Waals surface area contributed by atoms with Crippen molar-refractivity contribution in [3.8, 4) is 0 Å². The Kier molecular flexibility index (Phi) is 2.49. The molecule has 1 spiro atoms. The average Bonchev–Trinajstić information content (AvgIpc) is 2.86. The van der Waals surface area contributed by atoms with E-state index in [9.17, 15) is 4.79 Å². The van der Waals surface area contributed by atoms with Crippen LogP contribution in [-0.2, 0) is 9.53 Å². The summed E-state index contributed by atoms with van der Waals surface area (Å²) >= 11 is 0. The van der Waals surface area contributed by atoms with Gasteiger partial charge in [-0.25, -0.2) is 0 Å². The Morgan fingerprint density at radius 1 is 1.64 bits per heavy atom. The van der Waals surface area contributed by atoms with Crippen LogP contribution in [0, 0.1) is 5.92 Å². The van der Waals surface area contributed by atoms with Gasteiger partial charge in [-0.05, 0) is 18.8 Å². The average molecular weight is 198 g/mol. The van der Waals surface area contributed by atoms with Crippen molar-refractivity contribution >= 4 is 5.91 Å². The summed E-state index contributed by atoms with van der Waals surface area (Å²) in [5.74, 6) is 0.708. The van der Waals surface area contributed by atoms with Gasteiger partial charge >= 0.3 is 0 Å². The SMILES string of the molecule is COCC(C)CN1CNC2(CC2)C1=O. The molecule has 2 rings (SSSR count). The predicted octanol–water partition coefficient (Wildman–Crippen LogP) is 0.191. The van der Waals surface area contributed by atoms with Gasteiger partial charge in [-0.2, -0.15) is 0 Å². The molecule has 4 nitrogen and oxygen atoms in total. The van der Waals surface area contributed by atoms with E-state index in [1.165, 1.54) is 0 Å². The van der Waals surface area contributed by atoms with E-state index < -0.39 is 0 Å². The lowest BCUT2D eigenvalue weighted by Crippen LogP contribution is -2.35. The molecule has 2 fully saturated rings. The number of carbonyl (C=O) groups excluding carboxylic acids is 1. The van der Waals surface area contributed by atoms with E-state index in [1.807, 2.05) is 4.90 Å². The fourth-order valence-corrected chi connectivity index (χ4v) is 2.07. The van der Waals surface area contributed by atoms with Crippen molar-refractivity contribution in [3.05, 3.63) is 0 Å². The van der Waals surface area contributed by atoms with Crippen molar-refractivity contribution < 1.29 is 9.53 Å². The first-order chi connectivity index (χ1) is 6.68. The maximum atomic E-state index is 11.9. The molecule has 4 heteroatoms. The minimum absolute atomic E-state index is 0.146. The van der Waals surface area contributed by atoms with Crippen LogP contribution in [0.5, 0.6) is 0 Å². The molecule has 1 atom stereocenters. The highest BCUT2D eigenvalue weighted by molar-refractivity contribution is 5.91. The first-order valence-electron chi connectivity index (χ1n) is 5.21. The van der Waals surface area contributed by atoms with E-state index in [4.69, 9.17) is 4.74 Å². The molecule has 1 N–H and O–H groups in total. The minimum Gasteiger partial charge on any atom is -0.384 e. The van der Waals surface area contributed by atoms with Crippen LogP contribution in [0.15, 0.2) is 0 Å². The van der Waals surface area contributed by atoms with Gasteiger partial charge in [0.15, 0.2) is 0 Å². The molecule has 1 saturated heterocycles. The van der Waals surface area contributed by atoms with Crippen LogP contribution in [0.2, 0.25) is 0 Å². The highest BCUT2D eigenvalue weighted by Crippen LogP contribution is 2.40. The van der Waals surface area contributed by atoms with Gasteiger partial charge in [0.25, 0.3) is 0 Å². The van der Waals surface area contributed by atoms with Crippen molar-refractivity contribution in [1.29, 1.82) is 0 Å². The first-order valence-corrected chi connectivity index (χ1v) is 5.21. The maximum absolute atomic E-state index is 11.9. The van der Waals surface area contributed by atoms with E-state index in [-0.39, 0.29) is 5.54 Å². The normalized spacial score (nSPS) is 25.9. The van der Waals surface area contributed by atoms with Crippen LogP contribution in [0.25, 0.3) is 0 Å². The van der Waals surface area contributed by atoms with Crippen LogP contribution in [0.1, 0.15) is 19.8 Å². The number of nitrogens with zero attached hydrogens (tertiary/aromatic N) is 1. The van der Waals surface area contributed by atoms with E-state index in [1.54, 1.807) is 7.11 Å². The standard InChI is InChI=1S/C10H18N2O2/c1-8(6-14-2)5-12-7-11-10(3-4-10)9(12)13/h8,11H,3-7H2,1-2H3. The van der Waals surface area contributed by atoms with Crippen LogP contribution in [0.4, 0.5) is 0 Å². The topological polar surface area (TPSA) is 41.6 Å². The van der Waals surface area contributed by atoms with Gasteiger partial charge in [0.05, 0.1) is 18.8 Å². The maximum Gasteiger partial charge on any atom is 0.243 e. The monoisotopic (exact) mass is 198 g/mol. The summed E-state index contributed by atoms with van der Waals surface area (Å²) in [5, 5.41) is 3.29. The molecule has 80 valence electrons. The molecule has 1 amide bonds. The molecule has 0 aromatic heterocycles. The Balaban J connectivity index is 1.85. The van der Waals surface area contributed by atoms with Crippen LogP contribution >= 0.6 is 0 Å². The minimum atomic E-state index is -0.146. The van der Waals surface area contributed by atoms with Crippen LogP contribution in [-0.4, -0.2) is 43.3 Å². The number of amides is 1. The van der Waals surface area contributed by atoms with E-state index in [2.05, 4.69) is 12.2 Å². The van der Waals surface area contributed by atoms with Gasteiger partial charge in [-0.3, -0.25) is 10.1 Å². The quantitative estimate of drug-likeness (QED) is 0.701. The Bertz CT molecular complexity index is 238. The third-order valence-corrected chi connectivity index (χ3v) is 3.04. The van der Waals surface area contributed by atoms with Crippen LogP contribution in [0.3, 0.4) is 0 Å². The van der Waals surface area contributed by atoms with E-state index >= 15 is 0 Å². The molecule has 1 heterocycles. The molecule has 0 aromatic carbocycles. The lowest BCUT2D eigenvalue weighted by atomic mass is 10.2. The molecular formula is C10H18N2O2. The Hall–Kier alpha value is -0.610. The fraction of sp³-hybridized carbons (Fsp3) is 0.900. The van der Waals surface area contributed by atoms with Crippen molar-refractivity contribution in [3.63, 3.8) is 0 Å². The number of ether oxygens (including phenoxy) is 1. The van der Waals surface area contributed by atoms with Gasteiger partial charge in [-0.15, -0.1) is 0 Å². The van der Waals surface area contributed by atoms with Gasteiger partial charge in [0.2, 0.25) is 5.91 Å². The zero-order valence-electron chi connectivity index (χ0n) is 8.88. The molecular weight excluding hydrogens is 180 g/mol. The largest absolute Gasteiger partial charge is 0.384 e. The summed E-state index contributed by atoms with van der Waals surface area (Å²) < 4.78 is 5.06. The van der Waals surface area contributed by atoms with Gasteiger partial charge in [0.1, 0.15) is 0 Å². The van der Waals surface area contributed by atoms with E-state index in [0.717, 1.165) is 26.0 Å². The molecule has 1 aliphatic carbocycles. The summed E-state index contributed by atoms with van der Waals surface area (Å²) in [6.07, 6.45) is 2.03. The Morgan fingerprint density at radius 2 is 2.36 bits per heavy atom. The van der Waals surface area contributed by atoms with Crippen molar-refractivity contribution in [2.75, 3.05) is 26.9 Å². The molecule has 1 saturated carbocycles. The molecule has 0 radical (unpaired) electrons. The molecule has 0 bridgehead atoms. The second-order valence-corrected chi connectivity index (χ2v) is 4.51. The van der Waals surface area contributed by atoms with Crippen molar-refractivity contribution in [2.45, 2.75) is 25.3 Å². The van der Waals surface area contributed by atoms with Gasteiger partial charge in [0, 0.05) is 13.7 Å². The smallest absolute Gasteiger partial charge is 0.243 e. The molecule has 2 aliphatic rings. The first kappa shape index (κ1) is 9.93. The molecule has 14 heavy (non-hydrogen) atoms. The second-order valence-electron chi connectivity index (χ2n) is 4.51. The predicted molar refractivity (Wildman–Crippen MR) is 52.7 cm³/mol. The number of rotatable bonds is 4. The van der Waals surface area contributed by atoms with Gasteiger partial charge < -0.3 is 9.64 Å². The lowest BCUT2D eigenvalue weighted by Gasteiger charge is -2.19. The Morgan fingerprint density at radius 3 is 2.86 bits per heavy atom. The molecule has 1 unspecified atom stereocenters. The third kappa shape index (κ3) is 1.64. The summed E-state index contributed by atoms with van der Waals surface area (Å²) in [7, 11) is 1.70. The lowest BCUT2D eigenvalue weighted by molar-refractivity contribution is -0.130. The van der Waals surface area contributed by atoms with Crippen molar-refractivity contribution in [2.24, 2.45) is 5.92 Å². The van der Waals surface area contributed by atoms with Gasteiger partial charge in [-0.1, -0.05) is 6.92 Å². The molecule has 1 aliphatic heterocycles. The Labute approximate surface area is 84.6 Å². The summed E-state index contributed by atoms with van der Waals surface area (Å²) in [6, 6.07) is 0. The number of hydrogen-bond acceptors (Lipinski definition) is 3. The highest BCUT2D eigenvalue weighted by atomic mass is 16.5. The number of methoxy groups -OCH3 is 1. The number of hydrogen-bond donors (Lipinski definition) is 1. The highest BCUT2D eigenvalue weighted by Gasteiger charge is 2.55. The summed E-state index contributed by atoms with van der Waals surface area (Å²) in [5.41, 5.74) is -0.146. The zero-order chi connectivity index (χ0) is 10.2. The molecule has 0 aromatic rings. The van der Waals surface area contributed by atoms with E-state index in [0.29, 0.717) is 18.5 Å². The summed E-state index contributed by atoms with van der Waals surface area (Å²) in [6.45, 7) is 4.35. The number of nitrogens with one attached hydrogen (secondary N) is 1.